The summed E-state index contributed by atoms with van der Waals surface area (Å²) in [5.74, 6) is 0.0610. The van der Waals surface area contributed by atoms with Gasteiger partial charge in [-0.2, -0.15) is 0 Å². The second-order valence-electron chi connectivity index (χ2n) is 11.0. The zero-order chi connectivity index (χ0) is 29.9. The van der Waals surface area contributed by atoms with Crippen molar-refractivity contribution in [2.24, 2.45) is 0 Å². The number of carbonyl (C=O) groups is 2. The van der Waals surface area contributed by atoms with Gasteiger partial charge in [0.1, 0.15) is 0 Å². The van der Waals surface area contributed by atoms with E-state index in [1.807, 2.05) is 65.6 Å². The molecule has 1 fully saturated rings. The molecule has 0 saturated carbocycles. The lowest BCUT2D eigenvalue weighted by Crippen LogP contribution is -2.49. The number of aryl methyl sites for hydroxylation is 1. The number of halogens is 1. The third-order valence-electron chi connectivity index (χ3n) is 7.99. The maximum Gasteiger partial charge on any atom is 0.244 e. The Bertz CT molecular complexity index is 1440. The fourth-order valence-corrected chi connectivity index (χ4v) is 5.97. The molecule has 0 bridgehead atoms. The van der Waals surface area contributed by atoms with Gasteiger partial charge in [0.05, 0.1) is 6.04 Å². The number of hydrogen-bond donors (Lipinski definition) is 2. The van der Waals surface area contributed by atoms with Crippen LogP contribution in [-0.4, -0.2) is 48.4 Å². The smallest absolute Gasteiger partial charge is 0.244 e. The third-order valence-corrected chi connectivity index (χ3v) is 8.70. The summed E-state index contributed by atoms with van der Waals surface area (Å²) in [6, 6.07) is 38.9. The normalized spacial score (nSPS) is 17.3. The predicted octanol–water partition coefficient (Wildman–Crippen LogP) is 6.44. The molecule has 4 aromatic rings. The summed E-state index contributed by atoms with van der Waals surface area (Å²) in [7, 11) is 0. The topological polar surface area (TPSA) is 61.4 Å². The Morgan fingerprint density at radius 2 is 1.49 bits per heavy atom. The van der Waals surface area contributed by atoms with Gasteiger partial charge in [-0.25, -0.2) is 0 Å². The van der Waals surface area contributed by atoms with Crippen LogP contribution in [0.2, 0.25) is 0 Å². The van der Waals surface area contributed by atoms with Gasteiger partial charge in [-0.3, -0.25) is 9.59 Å². The second-order valence-corrected chi connectivity index (χ2v) is 12.3. The Kier molecular flexibility index (Phi) is 11.2. The van der Waals surface area contributed by atoms with E-state index in [-0.39, 0.29) is 29.8 Å². The molecule has 0 radical (unpaired) electrons. The number of hydrogen-bond acceptors (Lipinski definition) is 3. The first kappa shape index (κ1) is 30.7. The maximum absolute atomic E-state index is 14.1. The molecule has 43 heavy (non-hydrogen) atoms. The average Bonchev–Trinajstić information content (AvgIpc) is 3.20. The number of amides is 2. The molecule has 2 N–H and O–H groups in total. The zero-order valence-corrected chi connectivity index (χ0v) is 26.4. The van der Waals surface area contributed by atoms with E-state index in [0.29, 0.717) is 26.1 Å². The van der Waals surface area contributed by atoms with Crippen molar-refractivity contribution in [3.05, 3.63) is 147 Å². The molecular formula is C37H38IN3O2. The predicted molar refractivity (Wildman–Crippen MR) is 183 cm³/mol. The van der Waals surface area contributed by atoms with Crippen molar-refractivity contribution in [1.82, 2.24) is 15.5 Å². The SMILES string of the molecule is O=C(/C=C/c1ccc(I)cc1)NC[C@@H]1CCN(CC(c2ccccc2)c2ccccc2)C(=O)[C@H](CCc2ccccc2)N1. The van der Waals surface area contributed by atoms with Gasteiger partial charge in [-0.1, -0.05) is 103 Å². The van der Waals surface area contributed by atoms with Crippen LogP contribution >= 0.6 is 22.6 Å². The van der Waals surface area contributed by atoms with E-state index in [1.165, 1.54) is 16.7 Å². The van der Waals surface area contributed by atoms with Gasteiger partial charge in [0, 0.05) is 41.2 Å². The molecule has 4 aromatic carbocycles. The molecule has 0 spiro atoms. The van der Waals surface area contributed by atoms with Crippen LogP contribution in [0.15, 0.2) is 121 Å². The Hall–Kier alpha value is -3.75. The monoisotopic (exact) mass is 683 g/mol. The number of benzene rings is 4. The van der Waals surface area contributed by atoms with E-state index >= 15 is 0 Å². The molecule has 2 amide bonds. The lowest BCUT2D eigenvalue weighted by atomic mass is 9.90. The highest BCUT2D eigenvalue weighted by Gasteiger charge is 2.32. The summed E-state index contributed by atoms with van der Waals surface area (Å²) in [5, 5.41) is 6.68. The maximum atomic E-state index is 14.1. The van der Waals surface area contributed by atoms with Gasteiger partial charge < -0.3 is 15.5 Å². The van der Waals surface area contributed by atoms with Gasteiger partial charge in [-0.15, -0.1) is 0 Å². The molecule has 2 atom stereocenters. The Morgan fingerprint density at radius 1 is 0.884 bits per heavy atom. The highest BCUT2D eigenvalue weighted by molar-refractivity contribution is 14.1. The Morgan fingerprint density at radius 3 is 2.12 bits per heavy atom. The minimum absolute atomic E-state index is 0.0164. The van der Waals surface area contributed by atoms with Gasteiger partial charge >= 0.3 is 0 Å². The summed E-state index contributed by atoms with van der Waals surface area (Å²) < 4.78 is 1.16. The number of carbonyl (C=O) groups excluding carboxylic acids is 2. The first-order valence-electron chi connectivity index (χ1n) is 15.0. The van der Waals surface area contributed by atoms with E-state index in [1.54, 1.807) is 6.08 Å². The van der Waals surface area contributed by atoms with Gasteiger partial charge in [-0.05, 0) is 82.3 Å². The molecule has 1 aliphatic rings. The van der Waals surface area contributed by atoms with Gasteiger partial charge in [0.15, 0.2) is 0 Å². The minimum atomic E-state index is -0.334. The van der Waals surface area contributed by atoms with Crippen LogP contribution in [0.5, 0.6) is 0 Å². The largest absolute Gasteiger partial charge is 0.351 e. The zero-order valence-electron chi connectivity index (χ0n) is 24.2. The van der Waals surface area contributed by atoms with Crippen molar-refractivity contribution >= 4 is 40.5 Å². The van der Waals surface area contributed by atoms with Crippen LogP contribution in [0.25, 0.3) is 6.08 Å². The average molecular weight is 684 g/mol. The minimum Gasteiger partial charge on any atom is -0.351 e. The van der Waals surface area contributed by atoms with Crippen LogP contribution in [0, 0.1) is 3.57 Å². The summed E-state index contributed by atoms with van der Waals surface area (Å²) in [5.41, 5.74) is 4.59. The molecule has 1 aliphatic heterocycles. The Labute approximate surface area is 268 Å². The van der Waals surface area contributed by atoms with Crippen LogP contribution in [0.1, 0.15) is 41.0 Å². The standard InChI is InChI=1S/C37H38IN3O2/c38-32-20-16-29(17-21-32)19-23-36(42)39-26-33-24-25-41(37(43)35(40-33)22-18-28-10-4-1-5-11-28)27-34(30-12-6-2-7-13-30)31-14-8-3-9-15-31/h1-17,19-21,23,33-35,40H,18,22,24-27H2,(H,39,42)/b23-19+/t33-,35-/m0/s1. The highest BCUT2D eigenvalue weighted by atomic mass is 127. The van der Waals surface area contributed by atoms with E-state index < -0.39 is 0 Å². The van der Waals surface area contributed by atoms with Crippen LogP contribution in [0.4, 0.5) is 0 Å². The van der Waals surface area contributed by atoms with Crippen LogP contribution < -0.4 is 10.6 Å². The van der Waals surface area contributed by atoms with Crippen LogP contribution in [-0.2, 0) is 16.0 Å². The van der Waals surface area contributed by atoms with Crippen LogP contribution in [0.3, 0.4) is 0 Å². The number of nitrogens with zero attached hydrogens (tertiary/aromatic N) is 1. The lowest BCUT2D eigenvalue weighted by molar-refractivity contribution is -0.133. The van der Waals surface area contributed by atoms with Crippen molar-refractivity contribution in [1.29, 1.82) is 0 Å². The molecule has 5 rings (SSSR count). The summed E-state index contributed by atoms with van der Waals surface area (Å²) in [4.78, 5) is 28.8. The molecular weight excluding hydrogens is 645 g/mol. The quantitative estimate of drug-likeness (QED) is 0.141. The van der Waals surface area contributed by atoms with E-state index in [4.69, 9.17) is 0 Å². The van der Waals surface area contributed by atoms with Gasteiger partial charge in [0.25, 0.3) is 0 Å². The molecule has 0 unspecified atom stereocenters. The van der Waals surface area contributed by atoms with Crippen molar-refractivity contribution in [3.8, 4) is 0 Å². The number of rotatable bonds is 11. The second kappa shape index (κ2) is 15.6. The first-order valence-corrected chi connectivity index (χ1v) is 16.0. The fourth-order valence-electron chi connectivity index (χ4n) is 5.61. The number of nitrogens with one attached hydrogen (secondary N) is 2. The molecule has 220 valence electrons. The summed E-state index contributed by atoms with van der Waals surface area (Å²) in [6.07, 6.45) is 5.65. The van der Waals surface area contributed by atoms with Crippen molar-refractivity contribution in [2.45, 2.75) is 37.3 Å². The molecule has 6 heteroatoms. The summed E-state index contributed by atoms with van der Waals surface area (Å²) in [6.45, 7) is 1.69. The molecule has 0 aliphatic carbocycles. The van der Waals surface area contributed by atoms with Crippen molar-refractivity contribution in [2.75, 3.05) is 19.6 Å². The summed E-state index contributed by atoms with van der Waals surface area (Å²) >= 11 is 2.27. The van der Waals surface area contributed by atoms with Crippen molar-refractivity contribution in [3.63, 3.8) is 0 Å². The Balaban J connectivity index is 1.30. The van der Waals surface area contributed by atoms with E-state index in [2.05, 4.69) is 93.9 Å². The highest BCUT2D eigenvalue weighted by Crippen LogP contribution is 2.27. The van der Waals surface area contributed by atoms with Crippen molar-refractivity contribution < 1.29 is 9.59 Å². The fraction of sp³-hybridized carbons (Fsp3) is 0.243. The molecule has 0 aromatic heterocycles. The first-order chi connectivity index (χ1) is 21.0. The van der Waals surface area contributed by atoms with E-state index in [9.17, 15) is 9.59 Å². The molecule has 5 nitrogen and oxygen atoms in total. The molecule has 1 heterocycles. The lowest BCUT2D eigenvalue weighted by Gasteiger charge is -2.29. The third kappa shape index (κ3) is 9.12. The molecule has 1 saturated heterocycles. The van der Waals surface area contributed by atoms with Gasteiger partial charge in [0.2, 0.25) is 11.8 Å². The van der Waals surface area contributed by atoms with E-state index in [0.717, 1.165) is 22.0 Å².